The Kier molecular flexibility index (Phi) is 6.37. The lowest BCUT2D eigenvalue weighted by Crippen LogP contribution is -2.26. The number of hydrogen-bond donors (Lipinski definition) is 1. The number of esters is 1. The third-order valence-electron chi connectivity index (χ3n) is 4.53. The van der Waals surface area contributed by atoms with E-state index in [1.54, 1.807) is 6.92 Å². The summed E-state index contributed by atoms with van der Waals surface area (Å²) in [6.07, 6.45) is 2.01. The van der Waals surface area contributed by atoms with Gasteiger partial charge in [0.15, 0.2) is 0 Å². The number of sulfonamides is 1. The molecule has 1 aromatic carbocycles. The Balaban J connectivity index is 1.88. The van der Waals surface area contributed by atoms with Crippen LogP contribution in [0.3, 0.4) is 0 Å². The predicted octanol–water partition coefficient (Wildman–Crippen LogP) is 3.24. The summed E-state index contributed by atoms with van der Waals surface area (Å²) in [5, 5.41) is 5.00. The van der Waals surface area contributed by atoms with E-state index in [-0.39, 0.29) is 17.1 Å². The molecule has 8 nitrogen and oxygen atoms in total. The number of carbonyl (C=O) groups excluding carboxylic acids is 2. The molecule has 156 valence electrons. The Morgan fingerprint density at radius 3 is 2.66 bits per heavy atom. The fourth-order valence-electron chi connectivity index (χ4n) is 2.79. The average molecular weight is 439 g/mol. The number of hydroxylamine groups is 1. The van der Waals surface area contributed by atoms with Crippen molar-refractivity contribution in [3.8, 4) is 0 Å². The molecule has 0 radical (unpaired) electrons. The van der Waals surface area contributed by atoms with Gasteiger partial charge in [0.05, 0.1) is 24.2 Å². The Morgan fingerprint density at radius 1 is 1.31 bits per heavy atom. The summed E-state index contributed by atoms with van der Waals surface area (Å²) in [6.45, 7) is 1.96. The maximum absolute atomic E-state index is 12.8. The number of nitrogens with zero attached hydrogens (tertiary/aromatic N) is 1. The first-order chi connectivity index (χ1) is 13.8. The van der Waals surface area contributed by atoms with Crippen molar-refractivity contribution in [3.05, 3.63) is 46.3 Å². The molecule has 0 bridgehead atoms. The third kappa shape index (κ3) is 4.50. The Bertz CT molecular complexity index is 1030. The van der Waals surface area contributed by atoms with Crippen LogP contribution in [0.15, 0.2) is 34.5 Å². The molecule has 0 saturated heterocycles. The van der Waals surface area contributed by atoms with E-state index in [1.807, 2.05) is 5.38 Å². The van der Waals surface area contributed by atoms with Gasteiger partial charge in [-0.25, -0.2) is 13.2 Å². The van der Waals surface area contributed by atoms with Gasteiger partial charge in [-0.1, -0.05) is 10.5 Å². The van der Waals surface area contributed by atoms with Gasteiger partial charge in [-0.3, -0.25) is 9.63 Å². The van der Waals surface area contributed by atoms with Crippen LogP contribution in [0, 0.1) is 0 Å². The number of thiophene rings is 1. The molecule has 1 fully saturated rings. The number of nitrogens with one attached hydrogen (secondary N) is 1. The van der Waals surface area contributed by atoms with E-state index >= 15 is 0 Å². The summed E-state index contributed by atoms with van der Waals surface area (Å²) in [4.78, 5) is 29.9. The molecule has 1 N–H and O–H groups in total. The number of carbonyl (C=O) groups is 2. The Morgan fingerprint density at radius 2 is 2.03 bits per heavy atom. The smallest absolute Gasteiger partial charge is 0.341 e. The second-order valence-corrected chi connectivity index (χ2v) is 9.28. The van der Waals surface area contributed by atoms with E-state index in [0.29, 0.717) is 21.0 Å². The molecule has 0 unspecified atom stereocenters. The third-order valence-corrected chi connectivity index (χ3v) is 7.12. The fourth-order valence-corrected chi connectivity index (χ4v) is 4.84. The van der Waals surface area contributed by atoms with Crippen LogP contribution in [-0.2, 0) is 19.6 Å². The predicted molar refractivity (Wildman–Crippen MR) is 109 cm³/mol. The Labute approximate surface area is 173 Å². The standard InChI is InChI=1S/C19H22N2O6S2/c1-4-27-19(23)16-15(12-8-9-12)11-28-18(16)20-17(22)13-6-5-7-14(10-13)29(24,25)21(2)26-3/h5-7,10-12H,4,8-9H2,1-3H3,(H,20,22). The van der Waals surface area contributed by atoms with E-state index in [4.69, 9.17) is 9.57 Å². The summed E-state index contributed by atoms with van der Waals surface area (Å²) in [5.74, 6) is -0.671. The first kappa shape index (κ1) is 21.4. The lowest BCUT2D eigenvalue weighted by atomic mass is 10.1. The highest BCUT2D eigenvalue weighted by molar-refractivity contribution is 7.89. The number of ether oxygens (including phenoxy) is 1. The van der Waals surface area contributed by atoms with E-state index in [9.17, 15) is 18.0 Å². The van der Waals surface area contributed by atoms with Crippen molar-refractivity contribution in [3.63, 3.8) is 0 Å². The molecule has 1 aliphatic carbocycles. The molecular weight excluding hydrogens is 416 g/mol. The van der Waals surface area contributed by atoms with Gasteiger partial charge in [0, 0.05) is 12.6 Å². The molecule has 1 aliphatic rings. The molecule has 10 heteroatoms. The van der Waals surface area contributed by atoms with Gasteiger partial charge >= 0.3 is 5.97 Å². The van der Waals surface area contributed by atoms with Crippen molar-refractivity contribution in [1.82, 2.24) is 4.47 Å². The van der Waals surface area contributed by atoms with Crippen molar-refractivity contribution in [2.45, 2.75) is 30.6 Å². The van der Waals surface area contributed by atoms with E-state index in [1.165, 1.54) is 49.8 Å². The van der Waals surface area contributed by atoms with Crippen molar-refractivity contribution < 1.29 is 27.6 Å². The number of benzene rings is 1. The zero-order valence-corrected chi connectivity index (χ0v) is 17.9. The van der Waals surface area contributed by atoms with Gasteiger partial charge in [0.1, 0.15) is 5.00 Å². The van der Waals surface area contributed by atoms with Crippen molar-refractivity contribution >= 4 is 38.2 Å². The normalized spacial score (nSPS) is 14.1. The minimum atomic E-state index is -3.89. The minimum Gasteiger partial charge on any atom is -0.462 e. The van der Waals surface area contributed by atoms with E-state index in [2.05, 4.69) is 5.32 Å². The molecule has 1 amide bonds. The van der Waals surface area contributed by atoms with Crippen LogP contribution in [0.25, 0.3) is 0 Å². The van der Waals surface area contributed by atoms with E-state index in [0.717, 1.165) is 18.4 Å². The van der Waals surface area contributed by atoms with Crippen LogP contribution in [0.4, 0.5) is 5.00 Å². The summed E-state index contributed by atoms with van der Waals surface area (Å²) >= 11 is 1.26. The molecule has 1 saturated carbocycles. The summed E-state index contributed by atoms with van der Waals surface area (Å²) in [6, 6.07) is 5.61. The lowest BCUT2D eigenvalue weighted by molar-refractivity contribution is -0.0258. The summed E-state index contributed by atoms with van der Waals surface area (Å²) in [5.41, 5.74) is 1.42. The van der Waals surface area contributed by atoms with Gasteiger partial charge in [0.25, 0.3) is 15.9 Å². The quantitative estimate of drug-likeness (QED) is 0.501. The maximum Gasteiger partial charge on any atom is 0.341 e. The first-order valence-electron chi connectivity index (χ1n) is 9.02. The highest BCUT2D eigenvalue weighted by atomic mass is 32.2. The Hall–Kier alpha value is -2.27. The fraction of sp³-hybridized carbons (Fsp3) is 0.368. The van der Waals surface area contributed by atoms with Crippen LogP contribution >= 0.6 is 11.3 Å². The lowest BCUT2D eigenvalue weighted by Gasteiger charge is -2.14. The van der Waals surface area contributed by atoms with Gasteiger partial charge < -0.3 is 10.1 Å². The monoisotopic (exact) mass is 438 g/mol. The zero-order valence-electron chi connectivity index (χ0n) is 16.3. The number of rotatable bonds is 8. The second kappa shape index (κ2) is 8.62. The van der Waals surface area contributed by atoms with Gasteiger partial charge in [-0.05, 0) is 54.8 Å². The number of anilines is 1. The topological polar surface area (TPSA) is 102 Å². The second-order valence-electron chi connectivity index (χ2n) is 6.47. The molecule has 0 atom stereocenters. The number of amides is 1. The van der Waals surface area contributed by atoms with Crippen molar-refractivity contribution in [2.75, 3.05) is 26.1 Å². The van der Waals surface area contributed by atoms with Crippen molar-refractivity contribution in [2.24, 2.45) is 0 Å². The molecule has 3 rings (SSSR count). The molecular formula is C19H22N2O6S2. The van der Waals surface area contributed by atoms with Crippen LogP contribution in [0.1, 0.15) is 52.0 Å². The maximum atomic E-state index is 12.8. The molecule has 0 aliphatic heterocycles. The first-order valence-corrected chi connectivity index (χ1v) is 11.3. The van der Waals surface area contributed by atoms with Crippen LogP contribution < -0.4 is 5.32 Å². The summed E-state index contributed by atoms with van der Waals surface area (Å²) < 4.78 is 30.7. The molecule has 2 aromatic rings. The molecule has 1 heterocycles. The van der Waals surface area contributed by atoms with Crippen LogP contribution in [0.2, 0.25) is 0 Å². The highest BCUT2D eigenvalue weighted by Gasteiger charge is 2.32. The van der Waals surface area contributed by atoms with Gasteiger partial charge in [0.2, 0.25) is 0 Å². The van der Waals surface area contributed by atoms with Crippen LogP contribution in [0.5, 0.6) is 0 Å². The molecule has 0 spiro atoms. The molecule has 1 aromatic heterocycles. The summed E-state index contributed by atoms with van der Waals surface area (Å²) in [7, 11) is -1.39. The zero-order chi connectivity index (χ0) is 21.2. The SMILES string of the molecule is CCOC(=O)c1c(C2CC2)csc1NC(=O)c1cccc(S(=O)(=O)N(C)OC)c1. The largest absolute Gasteiger partial charge is 0.462 e. The highest BCUT2D eigenvalue weighted by Crippen LogP contribution is 2.46. The number of hydrogen-bond acceptors (Lipinski definition) is 7. The van der Waals surface area contributed by atoms with Crippen LogP contribution in [-0.4, -0.2) is 45.5 Å². The van der Waals surface area contributed by atoms with E-state index < -0.39 is 21.9 Å². The average Bonchev–Trinajstić information content (AvgIpc) is 3.47. The minimum absolute atomic E-state index is 0.0787. The molecule has 29 heavy (non-hydrogen) atoms. The van der Waals surface area contributed by atoms with Crippen molar-refractivity contribution in [1.29, 1.82) is 0 Å². The van der Waals surface area contributed by atoms with Gasteiger partial charge in [-0.15, -0.1) is 11.3 Å². The van der Waals surface area contributed by atoms with Gasteiger partial charge in [-0.2, -0.15) is 0 Å².